The van der Waals surface area contributed by atoms with Gasteiger partial charge in [0.15, 0.2) is 17.3 Å². The van der Waals surface area contributed by atoms with Crippen molar-refractivity contribution in [2.45, 2.75) is 19.3 Å². The van der Waals surface area contributed by atoms with Crippen LogP contribution in [0.4, 0.5) is 5.82 Å². The molecule has 156 valence electrons. The number of rotatable bonds is 8. The van der Waals surface area contributed by atoms with Crippen LogP contribution in [0.15, 0.2) is 42.5 Å². The minimum Gasteiger partial charge on any atom is -0.493 e. The number of hydrogen-bond donors (Lipinski definition) is 1. The molecule has 7 nitrogen and oxygen atoms in total. The van der Waals surface area contributed by atoms with E-state index in [1.807, 2.05) is 47.4 Å². The number of aromatic nitrogens is 2. The summed E-state index contributed by atoms with van der Waals surface area (Å²) in [5.41, 5.74) is 1.72. The Hall–Kier alpha value is -3.35. The molecule has 3 aromatic rings. The number of nitrogens with one attached hydrogen (secondary N) is 1. The molecule has 2 aromatic carbocycles. The van der Waals surface area contributed by atoms with Crippen LogP contribution in [0.2, 0.25) is 0 Å². The maximum Gasteiger partial charge on any atom is 0.222 e. The van der Waals surface area contributed by atoms with Crippen LogP contribution in [0.1, 0.15) is 19.3 Å². The molecule has 0 aliphatic carbocycles. The van der Waals surface area contributed by atoms with Crippen LogP contribution >= 0.6 is 0 Å². The van der Waals surface area contributed by atoms with E-state index in [0.29, 0.717) is 30.3 Å². The average molecular weight is 406 g/mol. The van der Waals surface area contributed by atoms with Crippen molar-refractivity contribution < 1.29 is 14.3 Å². The largest absolute Gasteiger partial charge is 0.493 e. The quantitative estimate of drug-likeness (QED) is 0.575. The van der Waals surface area contributed by atoms with Gasteiger partial charge in [-0.15, -0.1) is 0 Å². The van der Waals surface area contributed by atoms with Crippen LogP contribution < -0.4 is 14.8 Å². The van der Waals surface area contributed by atoms with Crippen LogP contribution in [0.25, 0.3) is 22.3 Å². The van der Waals surface area contributed by atoms with E-state index in [1.165, 1.54) is 0 Å². The predicted molar refractivity (Wildman–Crippen MR) is 117 cm³/mol. The lowest BCUT2D eigenvalue weighted by atomic mass is 10.1. The van der Waals surface area contributed by atoms with Crippen molar-refractivity contribution in [1.29, 1.82) is 0 Å². The minimum atomic E-state index is 0.255. The summed E-state index contributed by atoms with van der Waals surface area (Å²) in [5.74, 6) is 2.90. The molecule has 0 bridgehead atoms. The van der Waals surface area contributed by atoms with Crippen LogP contribution in [-0.4, -0.2) is 54.6 Å². The van der Waals surface area contributed by atoms with Gasteiger partial charge in [0.2, 0.25) is 5.91 Å². The third-order valence-corrected chi connectivity index (χ3v) is 5.30. The first-order chi connectivity index (χ1) is 14.7. The number of nitrogens with zero attached hydrogens (tertiary/aromatic N) is 3. The number of hydrogen-bond acceptors (Lipinski definition) is 6. The number of carbonyl (C=O) groups excluding carboxylic acids is 1. The summed E-state index contributed by atoms with van der Waals surface area (Å²) in [6.07, 6.45) is 2.49. The molecule has 0 radical (unpaired) electrons. The van der Waals surface area contributed by atoms with E-state index in [-0.39, 0.29) is 5.91 Å². The summed E-state index contributed by atoms with van der Waals surface area (Å²) in [7, 11) is 3.23. The Bertz CT molecular complexity index is 1040. The Morgan fingerprint density at radius 2 is 1.83 bits per heavy atom. The molecule has 1 aliphatic rings. The molecule has 1 fully saturated rings. The van der Waals surface area contributed by atoms with Crippen molar-refractivity contribution in [3.63, 3.8) is 0 Å². The highest BCUT2D eigenvalue weighted by atomic mass is 16.5. The summed E-state index contributed by atoms with van der Waals surface area (Å²) in [6, 6.07) is 13.7. The standard InChI is InChI=1S/C23H26N4O3/c1-29-19-14-17-18(15-20(19)30-2)25-22(16-8-4-3-5-9-16)26-23(17)24-11-7-13-27-12-6-10-21(27)28/h3-5,8-9,14-15H,6-7,10-13H2,1-2H3,(H,24,25,26). The van der Waals surface area contributed by atoms with Gasteiger partial charge in [0.05, 0.1) is 19.7 Å². The number of ether oxygens (including phenoxy) is 2. The normalized spacial score (nSPS) is 13.7. The molecule has 0 saturated carbocycles. The SMILES string of the molecule is COc1cc2nc(-c3ccccc3)nc(NCCCN3CCCC3=O)c2cc1OC. The van der Waals surface area contributed by atoms with E-state index < -0.39 is 0 Å². The van der Waals surface area contributed by atoms with Crippen LogP contribution in [0.3, 0.4) is 0 Å². The van der Waals surface area contributed by atoms with Crippen molar-refractivity contribution in [2.75, 3.05) is 39.2 Å². The van der Waals surface area contributed by atoms with Gasteiger partial charge in [0.25, 0.3) is 0 Å². The van der Waals surface area contributed by atoms with E-state index in [0.717, 1.165) is 48.2 Å². The number of fused-ring (bicyclic) bond motifs is 1. The van der Waals surface area contributed by atoms with Crippen LogP contribution in [0.5, 0.6) is 11.5 Å². The summed E-state index contributed by atoms with van der Waals surface area (Å²) in [4.78, 5) is 23.3. The van der Waals surface area contributed by atoms with Crippen molar-refractivity contribution in [3.05, 3.63) is 42.5 Å². The Morgan fingerprint density at radius 3 is 2.53 bits per heavy atom. The zero-order valence-electron chi connectivity index (χ0n) is 17.4. The Balaban J connectivity index is 1.63. The fourth-order valence-corrected chi connectivity index (χ4v) is 3.72. The molecule has 1 N–H and O–H groups in total. The highest BCUT2D eigenvalue weighted by Crippen LogP contribution is 2.35. The summed E-state index contributed by atoms with van der Waals surface area (Å²) in [5, 5.41) is 4.31. The molecule has 1 amide bonds. The average Bonchev–Trinajstić information content (AvgIpc) is 3.20. The number of likely N-dealkylation sites (tertiary alicyclic amines) is 1. The van der Waals surface area contributed by atoms with E-state index >= 15 is 0 Å². The lowest BCUT2D eigenvalue weighted by Crippen LogP contribution is -2.27. The Labute approximate surface area is 176 Å². The van der Waals surface area contributed by atoms with Gasteiger partial charge < -0.3 is 19.7 Å². The number of carbonyl (C=O) groups is 1. The lowest BCUT2D eigenvalue weighted by Gasteiger charge is -2.17. The maximum atomic E-state index is 11.8. The minimum absolute atomic E-state index is 0.255. The van der Waals surface area contributed by atoms with E-state index in [1.54, 1.807) is 14.2 Å². The summed E-state index contributed by atoms with van der Waals surface area (Å²) >= 11 is 0. The molecule has 0 spiro atoms. The monoisotopic (exact) mass is 406 g/mol. The second-order valence-electron chi connectivity index (χ2n) is 7.25. The molecule has 1 aliphatic heterocycles. The third-order valence-electron chi connectivity index (χ3n) is 5.30. The topological polar surface area (TPSA) is 76.6 Å². The zero-order chi connectivity index (χ0) is 20.9. The van der Waals surface area contributed by atoms with Gasteiger partial charge in [-0.25, -0.2) is 9.97 Å². The number of methoxy groups -OCH3 is 2. The van der Waals surface area contributed by atoms with Crippen molar-refractivity contribution in [1.82, 2.24) is 14.9 Å². The fourth-order valence-electron chi connectivity index (χ4n) is 3.72. The molecule has 7 heteroatoms. The first-order valence-corrected chi connectivity index (χ1v) is 10.2. The smallest absolute Gasteiger partial charge is 0.222 e. The number of anilines is 1. The van der Waals surface area contributed by atoms with Gasteiger partial charge in [-0.3, -0.25) is 4.79 Å². The van der Waals surface area contributed by atoms with Crippen molar-refractivity contribution in [3.8, 4) is 22.9 Å². The first-order valence-electron chi connectivity index (χ1n) is 10.2. The van der Waals surface area contributed by atoms with Gasteiger partial charge in [0, 0.05) is 43.1 Å². The third kappa shape index (κ3) is 4.15. The highest BCUT2D eigenvalue weighted by molar-refractivity contribution is 5.93. The Kier molecular flexibility index (Phi) is 5.97. The maximum absolute atomic E-state index is 11.8. The van der Waals surface area contributed by atoms with E-state index in [9.17, 15) is 4.79 Å². The predicted octanol–water partition coefficient (Wildman–Crippen LogP) is 3.74. The Morgan fingerprint density at radius 1 is 1.07 bits per heavy atom. The number of benzene rings is 2. The second kappa shape index (κ2) is 8.98. The molecule has 1 saturated heterocycles. The molecule has 2 heterocycles. The van der Waals surface area contributed by atoms with E-state index in [2.05, 4.69) is 5.32 Å². The molecule has 0 atom stereocenters. The van der Waals surface area contributed by atoms with Crippen molar-refractivity contribution >= 4 is 22.6 Å². The molecule has 4 rings (SSSR count). The molecular formula is C23H26N4O3. The van der Waals surface area contributed by atoms with Crippen LogP contribution in [0, 0.1) is 0 Å². The molecule has 30 heavy (non-hydrogen) atoms. The summed E-state index contributed by atoms with van der Waals surface area (Å²) < 4.78 is 10.9. The molecule has 1 aromatic heterocycles. The number of amides is 1. The lowest BCUT2D eigenvalue weighted by molar-refractivity contribution is -0.127. The van der Waals surface area contributed by atoms with Crippen LogP contribution in [-0.2, 0) is 4.79 Å². The first kappa shape index (κ1) is 19.9. The zero-order valence-corrected chi connectivity index (χ0v) is 17.4. The molecule has 0 unspecified atom stereocenters. The van der Waals surface area contributed by atoms with Gasteiger partial charge in [-0.05, 0) is 18.9 Å². The van der Waals surface area contributed by atoms with Gasteiger partial charge in [-0.2, -0.15) is 0 Å². The highest BCUT2D eigenvalue weighted by Gasteiger charge is 2.19. The fraction of sp³-hybridized carbons (Fsp3) is 0.348. The van der Waals surface area contributed by atoms with Gasteiger partial charge >= 0.3 is 0 Å². The molecular weight excluding hydrogens is 380 g/mol. The van der Waals surface area contributed by atoms with E-state index in [4.69, 9.17) is 19.4 Å². The summed E-state index contributed by atoms with van der Waals surface area (Å²) in [6.45, 7) is 2.33. The van der Waals surface area contributed by atoms with Crippen molar-refractivity contribution in [2.24, 2.45) is 0 Å². The van der Waals surface area contributed by atoms with Gasteiger partial charge in [-0.1, -0.05) is 30.3 Å². The second-order valence-corrected chi connectivity index (χ2v) is 7.25. The van der Waals surface area contributed by atoms with Gasteiger partial charge in [0.1, 0.15) is 5.82 Å².